The predicted molar refractivity (Wildman–Crippen MR) is 61.8 cm³/mol. The maximum absolute atomic E-state index is 11.6. The highest BCUT2D eigenvalue weighted by atomic mass is 32.2. The summed E-state index contributed by atoms with van der Waals surface area (Å²) in [6, 6.07) is 0. The molecule has 1 atom stereocenters. The van der Waals surface area contributed by atoms with Gasteiger partial charge < -0.3 is 9.64 Å². The smallest absolute Gasteiger partial charge is 0.412 e. The Labute approximate surface area is 102 Å². The lowest BCUT2D eigenvalue weighted by atomic mass is 9.96. The van der Waals surface area contributed by atoms with Gasteiger partial charge >= 0.3 is 6.09 Å². The Bertz CT molecular complexity index is 380. The predicted octanol–water partition coefficient (Wildman–Crippen LogP) is 1.18. The maximum atomic E-state index is 11.6. The number of hydrogen-bond donors (Lipinski definition) is 0. The van der Waals surface area contributed by atoms with Crippen LogP contribution < -0.4 is 0 Å². The van der Waals surface area contributed by atoms with E-state index in [0.717, 1.165) is 12.7 Å². The highest BCUT2D eigenvalue weighted by Gasteiger charge is 2.35. The van der Waals surface area contributed by atoms with E-state index in [2.05, 4.69) is 0 Å². The van der Waals surface area contributed by atoms with Gasteiger partial charge in [-0.15, -0.1) is 0 Å². The lowest BCUT2D eigenvalue weighted by Gasteiger charge is -2.34. The van der Waals surface area contributed by atoms with Crippen LogP contribution in [-0.4, -0.2) is 45.0 Å². The van der Waals surface area contributed by atoms with Gasteiger partial charge in [-0.2, -0.15) is 8.42 Å². The van der Waals surface area contributed by atoms with Crippen molar-refractivity contribution in [3.8, 4) is 0 Å². The third-order valence-electron chi connectivity index (χ3n) is 2.29. The van der Waals surface area contributed by atoms with E-state index in [1.54, 1.807) is 20.8 Å². The van der Waals surface area contributed by atoms with Crippen LogP contribution in [-0.2, 0) is 19.0 Å². The van der Waals surface area contributed by atoms with Crippen molar-refractivity contribution in [1.82, 2.24) is 4.90 Å². The van der Waals surface area contributed by atoms with E-state index >= 15 is 0 Å². The Hall–Kier alpha value is -0.820. The van der Waals surface area contributed by atoms with Crippen LogP contribution in [0.25, 0.3) is 0 Å². The summed E-state index contributed by atoms with van der Waals surface area (Å²) >= 11 is 0. The summed E-state index contributed by atoms with van der Waals surface area (Å²) in [4.78, 5) is 13.1. The average molecular weight is 265 g/mol. The van der Waals surface area contributed by atoms with Crippen molar-refractivity contribution in [2.45, 2.75) is 33.5 Å². The van der Waals surface area contributed by atoms with Crippen molar-refractivity contribution in [2.75, 3.05) is 19.3 Å². The molecule has 1 aliphatic heterocycles. The summed E-state index contributed by atoms with van der Waals surface area (Å²) in [5, 5.41) is 0. The van der Waals surface area contributed by atoms with Gasteiger partial charge in [0.15, 0.2) is 0 Å². The molecule has 1 heterocycles. The van der Waals surface area contributed by atoms with E-state index < -0.39 is 27.9 Å². The second-order valence-corrected chi connectivity index (χ2v) is 6.82. The molecule has 0 bridgehead atoms. The summed E-state index contributed by atoms with van der Waals surface area (Å²) in [5.41, 5.74) is -0.608. The van der Waals surface area contributed by atoms with Crippen molar-refractivity contribution in [3.63, 3.8) is 0 Å². The molecule has 17 heavy (non-hydrogen) atoms. The molecule has 0 N–H and O–H groups in total. The summed E-state index contributed by atoms with van der Waals surface area (Å²) in [5.74, 6) is 0. The lowest BCUT2D eigenvalue weighted by Crippen LogP contribution is -2.46. The van der Waals surface area contributed by atoms with Crippen molar-refractivity contribution in [1.29, 1.82) is 0 Å². The van der Waals surface area contributed by atoms with Gasteiger partial charge in [-0.25, -0.2) is 8.98 Å². The van der Waals surface area contributed by atoms with E-state index in [1.807, 2.05) is 0 Å². The molecule has 7 heteroatoms. The fraction of sp³-hybridized carbons (Fsp3) is 0.900. The standard InChI is InChI=1S/C10H19NO5S/c1-10(2,3)8(16-17(4,13)14)15-9(12)11-6-5-7-11/h8H,5-7H2,1-4H3. The van der Waals surface area contributed by atoms with Gasteiger partial charge in [0.05, 0.1) is 6.26 Å². The van der Waals surface area contributed by atoms with Crippen molar-refractivity contribution in [2.24, 2.45) is 5.41 Å². The Morgan fingerprint density at radius 1 is 1.29 bits per heavy atom. The van der Waals surface area contributed by atoms with E-state index in [9.17, 15) is 13.2 Å². The third-order valence-corrected chi connectivity index (χ3v) is 2.82. The number of hydrogen-bond acceptors (Lipinski definition) is 5. The average Bonchev–Trinajstić information content (AvgIpc) is 1.94. The minimum Gasteiger partial charge on any atom is -0.418 e. The van der Waals surface area contributed by atoms with Crippen LogP contribution in [0, 0.1) is 5.41 Å². The molecule has 1 saturated heterocycles. The van der Waals surface area contributed by atoms with Gasteiger partial charge in [-0.3, -0.25) is 0 Å². The number of ether oxygens (including phenoxy) is 1. The highest BCUT2D eigenvalue weighted by molar-refractivity contribution is 7.86. The molecule has 100 valence electrons. The molecular weight excluding hydrogens is 246 g/mol. The number of nitrogens with zero attached hydrogens (tertiary/aromatic N) is 1. The van der Waals surface area contributed by atoms with Gasteiger partial charge in [0, 0.05) is 18.5 Å². The maximum Gasteiger partial charge on any atom is 0.412 e. The second-order valence-electron chi connectivity index (χ2n) is 5.22. The first-order valence-electron chi connectivity index (χ1n) is 5.43. The summed E-state index contributed by atoms with van der Waals surface area (Å²) < 4.78 is 32.1. The number of carbonyl (C=O) groups excluding carboxylic acids is 1. The number of amides is 1. The molecule has 0 saturated carbocycles. The zero-order valence-electron chi connectivity index (χ0n) is 10.6. The molecule has 1 fully saturated rings. The summed E-state index contributed by atoms with van der Waals surface area (Å²) in [6.07, 6.45) is 0.247. The Balaban J connectivity index is 2.67. The van der Waals surface area contributed by atoms with Crippen LogP contribution >= 0.6 is 0 Å². The number of likely N-dealkylation sites (tertiary alicyclic amines) is 1. The van der Waals surface area contributed by atoms with Gasteiger partial charge in [0.25, 0.3) is 10.1 Å². The molecule has 6 nitrogen and oxygen atoms in total. The van der Waals surface area contributed by atoms with Crippen LogP contribution in [0.15, 0.2) is 0 Å². The van der Waals surface area contributed by atoms with Crippen LogP contribution in [0.1, 0.15) is 27.2 Å². The van der Waals surface area contributed by atoms with Crippen LogP contribution in [0.3, 0.4) is 0 Å². The minimum absolute atomic E-state index is 0.528. The minimum atomic E-state index is -3.66. The van der Waals surface area contributed by atoms with E-state index in [0.29, 0.717) is 13.1 Å². The topological polar surface area (TPSA) is 72.9 Å². The fourth-order valence-corrected chi connectivity index (χ4v) is 1.81. The first-order chi connectivity index (χ1) is 7.59. The third kappa shape index (κ3) is 4.51. The molecule has 1 rings (SSSR count). The largest absolute Gasteiger partial charge is 0.418 e. The normalized spacial score (nSPS) is 18.5. The summed E-state index contributed by atoms with van der Waals surface area (Å²) in [7, 11) is -3.66. The molecule has 0 spiro atoms. The zero-order chi connectivity index (χ0) is 13.3. The molecule has 1 unspecified atom stereocenters. The van der Waals surface area contributed by atoms with E-state index in [4.69, 9.17) is 8.92 Å². The number of rotatable bonds is 3. The van der Waals surface area contributed by atoms with Crippen molar-refractivity contribution in [3.05, 3.63) is 0 Å². The molecule has 0 aromatic carbocycles. The molecular formula is C10H19NO5S. The second kappa shape index (κ2) is 4.81. The fourth-order valence-electron chi connectivity index (χ4n) is 1.16. The van der Waals surface area contributed by atoms with Crippen LogP contribution in [0.5, 0.6) is 0 Å². The SMILES string of the molecule is CC(C)(C)C(OC(=O)N1CCC1)OS(C)(=O)=O. The quantitative estimate of drug-likeness (QED) is 0.566. The first-order valence-corrected chi connectivity index (χ1v) is 7.25. The first kappa shape index (κ1) is 14.2. The van der Waals surface area contributed by atoms with Gasteiger partial charge in [0.2, 0.25) is 6.29 Å². The molecule has 0 aliphatic carbocycles. The molecule has 0 radical (unpaired) electrons. The Morgan fingerprint density at radius 2 is 1.82 bits per heavy atom. The Morgan fingerprint density at radius 3 is 2.12 bits per heavy atom. The van der Waals surface area contributed by atoms with Crippen LogP contribution in [0.2, 0.25) is 0 Å². The van der Waals surface area contributed by atoms with Crippen molar-refractivity contribution >= 4 is 16.2 Å². The number of carbonyl (C=O) groups is 1. The van der Waals surface area contributed by atoms with E-state index in [-0.39, 0.29) is 0 Å². The van der Waals surface area contributed by atoms with Gasteiger partial charge in [0.1, 0.15) is 0 Å². The van der Waals surface area contributed by atoms with Crippen molar-refractivity contribution < 1.29 is 22.1 Å². The van der Waals surface area contributed by atoms with E-state index in [1.165, 1.54) is 4.90 Å². The molecule has 0 aromatic heterocycles. The molecule has 0 aromatic rings. The molecule has 1 aliphatic rings. The molecule has 1 amide bonds. The lowest BCUT2D eigenvalue weighted by molar-refractivity contribution is -0.107. The monoisotopic (exact) mass is 265 g/mol. The van der Waals surface area contributed by atoms with Crippen LogP contribution in [0.4, 0.5) is 4.79 Å². The van der Waals surface area contributed by atoms with Gasteiger partial charge in [-0.1, -0.05) is 20.8 Å². The Kier molecular flexibility index (Phi) is 4.03. The highest BCUT2D eigenvalue weighted by Crippen LogP contribution is 2.26. The van der Waals surface area contributed by atoms with Gasteiger partial charge in [-0.05, 0) is 6.42 Å². The summed E-state index contributed by atoms with van der Waals surface area (Å²) in [6.45, 7) is 6.52. The zero-order valence-corrected chi connectivity index (χ0v) is 11.4.